The number of hydrogen-bond donors (Lipinski definition) is 0. The van der Waals surface area contributed by atoms with Gasteiger partial charge in [0.05, 0.1) is 11.0 Å². The SMILES string of the molecule is c1ccc(-c2nc(-c3ccccc3)nc(-c3ccc(-n4c5ccccc5c5cc(N(c6ccccc6)c6ccc7ccccc7c6)ccc54)cc3)n2)cc1. The molecule has 0 atom stereocenters. The molecule has 0 radical (unpaired) electrons. The van der Waals surface area contributed by atoms with Crippen LogP contribution in [-0.4, -0.2) is 19.5 Å². The van der Waals surface area contributed by atoms with Gasteiger partial charge in [0.25, 0.3) is 0 Å². The van der Waals surface area contributed by atoms with E-state index in [1.807, 2.05) is 60.7 Å². The zero-order valence-corrected chi connectivity index (χ0v) is 29.3. The lowest BCUT2D eigenvalue weighted by molar-refractivity contribution is 1.07. The normalized spacial score (nSPS) is 11.3. The van der Waals surface area contributed by atoms with Crippen LogP contribution >= 0.6 is 0 Å². The van der Waals surface area contributed by atoms with Crippen LogP contribution in [0.4, 0.5) is 17.1 Å². The summed E-state index contributed by atoms with van der Waals surface area (Å²) in [6.07, 6.45) is 0. The fourth-order valence-corrected chi connectivity index (χ4v) is 7.42. The maximum atomic E-state index is 4.95. The summed E-state index contributed by atoms with van der Waals surface area (Å²) in [6.45, 7) is 0. The minimum Gasteiger partial charge on any atom is -0.310 e. The van der Waals surface area contributed by atoms with E-state index in [-0.39, 0.29) is 0 Å². The number of anilines is 3. The first-order valence-corrected chi connectivity index (χ1v) is 18.1. The van der Waals surface area contributed by atoms with Crippen molar-refractivity contribution < 1.29 is 0 Å². The highest BCUT2D eigenvalue weighted by Crippen LogP contribution is 2.40. The zero-order chi connectivity index (χ0) is 35.8. The molecule has 5 heteroatoms. The number of para-hydroxylation sites is 2. The summed E-state index contributed by atoms with van der Waals surface area (Å²) in [5.41, 5.74) is 9.49. The summed E-state index contributed by atoms with van der Waals surface area (Å²) in [5, 5.41) is 4.82. The molecular weight excluding hydrogens is 659 g/mol. The van der Waals surface area contributed by atoms with E-state index in [4.69, 9.17) is 15.0 Å². The molecule has 2 heterocycles. The maximum Gasteiger partial charge on any atom is 0.164 e. The second-order valence-electron chi connectivity index (χ2n) is 13.3. The van der Waals surface area contributed by atoms with Crippen molar-refractivity contribution in [2.24, 2.45) is 0 Å². The number of rotatable bonds is 7. The second kappa shape index (κ2) is 13.3. The molecule has 0 fully saturated rings. The summed E-state index contributed by atoms with van der Waals surface area (Å²) < 4.78 is 2.35. The molecule has 0 aliphatic rings. The Balaban J connectivity index is 1.08. The third kappa shape index (κ3) is 5.65. The average molecular weight is 692 g/mol. The molecule has 0 saturated carbocycles. The first kappa shape index (κ1) is 31.4. The maximum absolute atomic E-state index is 4.95. The van der Waals surface area contributed by atoms with Gasteiger partial charge in [0.1, 0.15) is 0 Å². The minimum absolute atomic E-state index is 0.635. The predicted molar refractivity (Wildman–Crippen MR) is 223 cm³/mol. The van der Waals surface area contributed by atoms with Crippen molar-refractivity contribution in [2.75, 3.05) is 4.90 Å². The van der Waals surface area contributed by atoms with Crippen LogP contribution in [0.15, 0.2) is 200 Å². The summed E-state index contributed by atoms with van der Waals surface area (Å²) in [6, 6.07) is 70.0. The van der Waals surface area contributed by atoms with Crippen LogP contribution in [0.1, 0.15) is 0 Å². The van der Waals surface area contributed by atoms with E-state index in [1.54, 1.807) is 0 Å². The Morgan fingerprint density at radius 3 is 1.50 bits per heavy atom. The summed E-state index contributed by atoms with van der Waals surface area (Å²) >= 11 is 0. The van der Waals surface area contributed by atoms with Crippen LogP contribution in [-0.2, 0) is 0 Å². The Labute approximate surface area is 313 Å². The van der Waals surface area contributed by atoms with Crippen LogP contribution in [0.5, 0.6) is 0 Å². The molecule has 8 aromatic carbocycles. The molecule has 0 spiro atoms. The lowest BCUT2D eigenvalue weighted by Crippen LogP contribution is -2.09. The Morgan fingerprint density at radius 2 is 0.833 bits per heavy atom. The summed E-state index contributed by atoms with van der Waals surface area (Å²) in [7, 11) is 0. The first-order chi connectivity index (χ1) is 26.8. The zero-order valence-electron chi connectivity index (χ0n) is 29.3. The van der Waals surface area contributed by atoms with Gasteiger partial charge in [-0.2, -0.15) is 0 Å². The van der Waals surface area contributed by atoms with Crippen LogP contribution in [0.3, 0.4) is 0 Å². The van der Waals surface area contributed by atoms with Gasteiger partial charge >= 0.3 is 0 Å². The molecule has 0 saturated heterocycles. The third-order valence-electron chi connectivity index (χ3n) is 10.0. The van der Waals surface area contributed by atoms with Gasteiger partial charge in [-0.25, -0.2) is 15.0 Å². The lowest BCUT2D eigenvalue weighted by Gasteiger charge is -2.26. The molecule has 0 aliphatic heterocycles. The van der Waals surface area contributed by atoms with Crippen molar-refractivity contribution >= 4 is 49.6 Å². The molecule has 0 bridgehead atoms. The van der Waals surface area contributed by atoms with E-state index < -0.39 is 0 Å². The third-order valence-corrected chi connectivity index (χ3v) is 10.0. The van der Waals surface area contributed by atoms with Crippen molar-refractivity contribution in [1.29, 1.82) is 0 Å². The van der Waals surface area contributed by atoms with E-state index in [1.165, 1.54) is 21.5 Å². The molecule has 10 aromatic rings. The number of nitrogens with zero attached hydrogens (tertiary/aromatic N) is 5. The van der Waals surface area contributed by atoms with Crippen LogP contribution in [0.25, 0.3) is 72.4 Å². The lowest BCUT2D eigenvalue weighted by atomic mass is 10.1. The van der Waals surface area contributed by atoms with E-state index in [9.17, 15) is 0 Å². The average Bonchev–Trinajstić information content (AvgIpc) is 3.58. The number of hydrogen-bond acceptors (Lipinski definition) is 4. The highest BCUT2D eigenvalue weighted by Gasteiger charge is 2.18. The Hall–Kier alpha value is -7.37. The molecule has 0 aliphatic carbocycles. The molecule has 0 amide bonds. The molecule has 54 heavy (non-hydrogen) atoms. The highest BCUT2D eigenvalue weighted by molar-refractivity contribution is 6.10. The van der Waals surface area contributed by atoms with Gasteiger partial charge in [-0.05, 0) is 83.6 Å². The Bertz CT molecular complexity index is 2860. The molecule has 0 N–H and O–H groups in total. The molecule has 254 valence electrons. The summed E-state index contributed by atoms with van der Waals surface area (Å²) in [4.78, 5) is 17.1. The summed E-state index contributed by atoms with van der Waals surface area (Å²) in [5.74, 6) is 1.93. The quantitative estimate of drug-likeness (QED) is 0.167. The van der Waals surface area contributed by atoms with E-state index in [0.717, 1.165) is 50.5 Å². The Morgan fingerprint density at radius 1 is 0.333 bits per heavy atom. The van der Waals surface area contributed by atoms with Gasteiger partial charge in [-0.15, -0.1) is 0 Å². The topological polar surface area (TPSA) is 46.8 Å². The van der Waals surface area contributed by atoms with Gasteiger partial charge in [0, 0.05) is 50.2 Å². The van der Waals surface area contributed by atoms with Gasteiger partial charge in [-0.3, -0.25) is 0 Å². The fraction of sp³-hybridized carbons (Fsp3) is 0. The van der Waals surface area contributed by atoms with Crippen LogP contribution in [0, 0.1) is 0 Å². The molecular formula is C49H33N5. The largest absolute Gasteiger partial charge is 0.310 e. The highest BCUT2D eigenvalue weighted by atomic mass is 15.1. The number of fused-ring (bicyclic) bond motifs is 4. The van der Waals surface area contributed by atoms with E-state index >= 15 is 0 Å². The van der Waals surface area contributed by atoms with Crippen LogP contribution < -0.4 is 4.90 Å². The van der Waals surface area contributed by atoms with Crippen molar-refractivity contribution in [1.82, 2.24) is 19.5 Å². The Kier molecular flexibility index (Phi) is 7.73. The van der Waals surface area contributed by atoms with Crippen molar-refractivity contribution in [3.8, 4) is 39.9 Å². The van der Waals surface area contributed by atoms with Gasteiger partial charge in [0.2, 0.25) is 0 Å². The molecule has 0 unspecified atom stereocenters. The number of aromatic nitrogens is 4. The van der Waals surface area contributed by atoms with Crippen molar-refractivity contribution in [3.63, 3.8) is 0 Å². The van der Waals surface area contributed by atoms with Gasteiger partial charge < -0.3 is 9.47 Å². The van der Waals surface area contributed by atoms with Gasteiger partial charge in [0.15, 0.2) is 17.5 Å². The second-order valence-corrected chi connectivity index (χ2v) is 13.3. The standard InChI is InChI=1S/C49H33N5/c1-4-15-35(16-5-1)47-50-48(36-17-6-2-7-18-36)52-49(51-47)37-25-27-40(28-26-37)54-45-23-13-12-22-43(45)44-33-42(30-31-46(44)54)53(39-20-8-3-9-21-39)41-29-24-34-14-10-11-19-38(34)32-41/h1-33H. The first-order valence-electron chi connectivity index (χ1n) is 18.1. The predicted octanol–water partition coefficient (Wildman–Crippen LogP) is 12.6. The fourth-order valence-electron chi connectivity index (χ4n) is 7.42. The van der Waals surface area contributed by atoms with E-state index in [0.29, 0.717) is 17.5 Å². The van der Waals surface area contributed by atoms with Crippen LogP contribution in [0.2, 0.25) is 0 Å². The van der Waals surface area contributed by atoms with Crippen molar-refractivity contribution in [2.45, 2.75) is 0 Å². The monoisotopic (exact) mass is 691 g/mol. The minimum atomic E-state index is 0.635. The van der Waals surface area contributed by atoms with Crippen molar-refractivity contribution in [3.05, 3.63) is 200 Å². The molecule has 2 aromatic heterocycles. The smallest absolute Gasteiger partial charge is 0.164 e. The molecule has 10 rings (SSSR count). The van der Waals surface area contributed by atoms with E-state index in [2.05, 4.69) is 149 Å². The number of benzene rings is 8. The molecule has 5 nitrogen and oxygen atoms in total. The van der Waals surface area contributed by atoms with Gasteiger partial charge in [-0.1, -0.05) is 127 Å².